The van der Waals surface area contributed by atoms with Gasteiger partial charge in [0.25, 0.3) is 0 Å². The van der Waals surface area contributed by atoms with Crippen LogP contribution in [-0.4, -0.2) is 12.1 Å². The summed E-state index contributed by atoms with van der Waals surface area (Å²) in [5, 5.41) is 1.80. The molecule has 0 aliphatic rings. The zero-order chi connectivity index (χ0) is 12.7. The van der Waals surface area contributed by atoms with Gasteiger partial charge in [0.05, 0.1) is 22.3 Å². The van der Waals surface area contributed by atoms with Gasteiger partial charge in [0.2, 0.25) is 0 Å². The number of aryl methyl sites for hydroxylation is 1. The summed E-state index contributed by atoms with van der Waals surface area (Å²) in [7, 11) is 1.67. The Kier molecular flexibility index (Phi) is 2.72. The summed E-state index contributed by atoms with van der Waals surface area (Å²) in [5.74, 6) is 0.854. The Morgan fingerprint density at radius 1 is 1.22 bits per heavy atom. The van der Waals surface area contributed by atoms with Crippen molar-refractivity contribution in [1.29, 1.82) is 0 Å². The number of nitrogen functional groups attached to an aromatic ring is 1. The second kappa shape index (κ2) is 4.26. The zero-order valence-electron chi connectivity index (χ0n) is 10.1. The molecule has 1 aromatic carbocycles. The Morgan fingerprint density at radius 2 is 2.06 bits per heavy atom. The van der Waals surface area contributed by atoms with Crippen molar-refractivity contribution in [3.63, 3.8) is 0 Å². The maximum absolute atomic E-state index is 6.01. The van der Waals surface area contributed by atoms with Crippen LogP contribution in [0.2, 0.25) is 0 Å². The van der Waals surface area contributed by atoms with E-state index in [1.807, 2.05) is 18.2 Å². The third-order valence-corrected chi connectivity index (χ3v) is 4.64. The molecule has 2 aromatic heterocycles. The Bertz CT molecular complexity index is 715. The lowest BCUT2D eigenvalue weighted by Gasteiger charge is -1.96. The molecule has 92 valence electrons. The second-order valence-corrected chi connectivity index (χ2v) is 6.31. The third-order valence-electron chi connectivity index (χ3n) is 2.71. The van der Waals surface area contributed by atoms with Gasteiger partial charge in [-0.05, 0) is 31.2 Å². The molecule has 0 bridgehead atoms. The van der Waals surface area contributed by atoms with Crippen molar-refractivity contribution in [1.82, 2.24) is 4.98 Å². The van der Waals surface area contributed by atoms with Gasteiger partial charge in [0.15, 0.2) is 0 Å². The lowest BCUT2D eigenvalue weighted by Crippen LogP contribution is -1.82. The molecule has 0 spiro atoms. The number of aromatic nitrogens is 1. The normalized spacial score (nSPS) is 11.0. The number of fused-ring (bicyclic) bond motifs is 1. The lowest BCUT2D eigenvalue weighted by molar-refractivity contribution is 0.415. The highest BCUT2D eigenvalue weighted by molar-refractivity contribution is 7.22. The van der Waals surface area contributed by atoms with Crippen molar-refractivity contribution in [3.05, 3.63) is 29.1 Å². The summed E-state index contributed by atoms with van der Waals surface area (Å²) in [5.41, 5.74) is 8.04. The van der Waals surface area contributed by atoms with Crippen LogP contribution in [0.1, 0.15) is 4.88 Å². The molecule has 3 aromatic rings. The molecule has 0 aliphatic heterocycles. The fourth-order valence-electron chi connectivity index (χ4n) is 1.85. The minimum absolute atomic E-state index is 0.832. The van der Waals surface area contributed by atoms with Crippen molar-refractivity contribution in [3.8, 4) is 16.3 Å². The molecule has 2 heterocycles. The number of thiophene rings is 1. The van der Waals surface area contributed by atoms with Gasteiger partial charge in [-0.15, -0.1) is 22.7 Å². The minimum atomic E-state index is 0.832. The Balaban J connectivity index is 2.16. The van der Waals surface area contributed by atoms with E-state index in [4.69, 9.17) is 10.5 Å². The van der Waals surface area contributed by atoms with Crippen LogP contribution < -0.4 is 10.5 Å². The van der Waals surface area contributed by atoms with Crippen LogP contribution in [0.25, 0.3) is 20.8 Å². The van der Waals surface area contributed by atoms with Gasteiger partial charge < -0.3 is 10.5 Å². The smallest absolute Gasteiger partial charge is 0.127 e. The highest BCUT2D eigenvalue weighted by Crippen LogP contribution is 2.38. The number of hydrogen-bond acceptors (Lipinski definition) is 5. The lowest BCUT2D eigenvalue weighted by atomic mass is 10.3. The van der Waals surface area contributed by atoms with E-state index in [1.165, 1.54) is 4.88 Å². The van der Waals surface area contributed by atoms with Crippen molar-refractivity contribution in [2.45, 2.75) is 6.92 Å². The fourth-order valence-corrected chi connectivity index (χ4v) is 3.72. The van der Waals surface area contributed by atoms with Crippen LogP contribution in [0.15, 0.2) is 24.3 Å². The first-order valence-electron chi connectivity index (χ1n) is 5.48. The van der Waals surface area contributed by atoms with E-state index in [0.29, 0.717) is 0 Å². The monoisotopic (exact) mass is 276 g/mol. The molecule has 0 radical (unpaired) electrons. The van der Waals surface area contributed by atoms with Gasteiger partial charge in [0, 0.05) is 10.4 Å². The number of hydrogen-bond donors (Lipinski definition) is 1. The van der Waals surface area contributed by atoms with Gasteiger partial charge in [-0.2, -0.15) is 0 Å². The first kappa shape index (κ1) is 11.5. The Morgan fingerprint density at radius 3 is 2.72 bits per heavy atom. The summed E-state index contributed by atoms with van der Waals surface area (Å²) < 4.78 is 6.34. The summed E-state index contributed by atoms with van der Waals surface area (Å²) in [4.78, 5) is 5.83. The maximum Gasteiger partial charge on any atom is 0.127 e. The summed E-state index contributed by atoms with van der Waals surface area (Å²) in [6.45, 7) is 2.06. The van der Waals surface area contributed by atoms with Crippen LogP contribution in [0.3, 0.4) is 0 Å². The molecule has 0 fully saturated rings. The molecule has 0 unspecified atom stereocenters. The summed E-state index contributed by atoms with van der Waals surface area (Å²) >= 11 is 3.24. The Hall–Kier alpha value is -1.59. The molecule has 3 rings (SSSR count). The van der Waals surface area contributed by atoms with E-state index in [9.17, 15) is 0 Å². The molecule has 0 saturated heterocycles. The van der Waals surface area contributed by atoms with Gasteiger partial charge in [-0.25, -0.2) is 4.98 Å². The van der Waals surface area contributed by atoms with E-state index in [2.05, 4.69) is 18.0 Å². The summed E-state index contributed by atoms with van der Waals surface area (Å²) in [6, 6.07) is 8.00. The summed E-state index contributed by atoms with van der Waals surface area (Å²) in [6.07, 6.45) is 0. The predicted molar refractivity (Wildman–Crippen MR) is 78.6 cm³/mol. The largest absolute Gasteiger partial charge is 0.497 e. The fraction of sp³-hybridized carbons (Fsp3) is 0.154. The molecule has 0 aliphatic carbocycles. The van der Waals surface area contributed by atoms with Crippen molar-refractivity contribution in [2.24, 2.45) is 0 Å². The van der Waals surface area contributed by atoms with Crippen LogP contribution in [0.5, 0.6) is 5.75 Å². The molecular formula is C13H12N2OS2. The number of ether oxygens (including phenoxy) is 1. The van der Waals surface area contributed by atoms with Crippen LogP contribution in [-0.2, 0) is 0 Å². The van der Waals surface area contributed by atoms with E-state index in [-0.39, 0.29) is 0 Å². The molecule has 0 atom stereocenters. The van der Waals surface area contributed by atoms with Crippen molar-refractivity contribution < 1.29 is 4.74 Å². The molecule has 5 heteroatoms. The quantitative estimate of drug-likeness (QED) is 0.771. The Labute approximate surface area is 113 Å². The van der Waals surface area contributed by atoms with E-state index in [1.54, 1.807) is 29.8 Å². The molecular weight excluding hydrogens is 264 g/mol. The third kappa shape index (κ3) is 1.85. The van der Waals surface area contributed by atoms with E-state index in [0.717, 1.165) is 31.5 Å². The molecule has 3 nitrogen and oxygen atoms in total. The van der Waals surface area contributed by atoms with Crippen molar-refractivity contribution in [2.75, 3.05) is 12.8 Å². The number of thiazole rings is 1. The second-order valence-electron chi connectivity index (χ2n) is 3.99. The number of benzene rings is 1. The number of nitrogens with zero attached hydrogens (tertiary/aromatic N) is 1. The van der Waals surface area contributed by atoms with Crippen LogP contribution in [0.4, 0.5) is 5.00 Å². The average Bonchev–Trinajstić information content (AvgIpc) is 2.90. The first-order chi connectivity index (χ1) is 8.67. The number of nitrogens with two attached hydrogens (primary N) is 1. The topological polar surface area (TPSA) is 48.1 Å². The zero-order valence-corrected chi connectivity index (χ0v) is 11.7. The van der Waals surface area contributed by atoms with Crippen molar-refractivity contribution >= 4 is 37.9 Å². The number of anilines is 1. The molecule has 2 N–H and O–H groups in total. The highest BCUT2D eigenvalue weighted by atomic mass is 32.1. The number of rotatable bonds is 2. The van der Waals surface area contributed by atoms with Crippen LogP contribution in [0, 0.1) is 6.92 Å². The van der Waals surface area contributed by atoms with Gasteiger partial charge in [-0.3, -0.25) is 0 Å². The van der Waals surface area contributed by atoms with Gasteiger partial charge in [0.1, 0.15) is 10.8 Å². The first-order valence-corrected chi connectivity index (χ1v) is 7.11. The van der Waals surface area contributed by atoms with Gasteiger partial charge >= 0.3 is 0 Å². The predicted octanol–water partition coefficient (Wildman–Crippen LogP) is 3.92. The highest BCUT2D eigenvalue weighted by Gasteiger charge is 2.12. The molecule has 0 amide bonds. The van der Waals surface area contributed by atoms with Gasteiger partial charge in [-0.1, -0.05) is 0 Å². The minimum Gasteiger partial charge on any atom is -0.497 e. The molecule has 18 heavy (non-hydrogen) atoms. The maximum atomic E-state index is 6.01. The van der Waals surface area contributed by atoms with E-state index >= 15 is 0 Å². The average molecular weight is 276 g/mol. The van der Waals surface area contributed by atoms with E-state index < -0.39 is 0 Å². The van der Waals surface area contributed by atoms with Crippen LogP contribution >= 0.6 is 22.7 Å². The number of methoxy groups -OCH3 is 1. The SMILES string of the molecule is COc1ccc2nc(-c3cc(C)sc3N)sc2c1. The standard InChI is InChI=1S/C13H12N2OS2/c1-7-5-9(12(14)17-7)13-15-10-4-3-8(16-2)6-11(10)18-13/h3-6H,14H2,1-2H3. The molecule has 0 saturated carbocycles.